The van der Waals surface area contributed by atoms with Crippen molar-refractivity contribution in [3.8, 4) is 0 Å². The van der Waals surface area contributed by atoms with E-state index in [0.717, 1.165) is 16.9 Å². The van der Waals surface area contributed by atoms with E-state index in [-0.39, 0.29) is 0 Å². The van der Waals surface area contributed by atoms with Gasteiger partial charge in [-0.15, -0.1) is 0 Å². The SMILES string of the molecule is Cc1cccc(N(C)c2cnccc2C(N)=S)c1. The van der Waals surface area contributed by atoms with Gasteiger partial charge < -0.3 is 10.6 Å². The van der Waals surface area contributed by atoms with E-state index in [2.05, 4.69) is 24.0 Å². The molecule has 4 heteroatoms. The van der Waals surface area contributed by atoms with Gasteiger partial charge >= 0.3 is 0 Å². The predicted octanol–water partition coefficient (Wildman–Crippen LogP) is 2.79. The number of hydrogen-bond acceptors (Lipinski definition) is 3. The van der Waals surface area contributed by atoms with Crippen molar-refractivity contribution in [1.82, 2.24) is 4.98 Å². The Morgan fingerprint density at radius 2 is 2.11 bits per heavy atom. The van der Waals surface area contributed by atoms with Crippen LogP contribution in [0.5, 0.6) is 0 Å². The molecule has 2 aromatic rings. The summed E-state index contributed by atoms with van der Waals surface area (Å²) in [6.07, 6.45) is 3.47. The van der Waals surface area contributed by atoms with Crippen molar-refractivity contribution in [2.75, 3.05) is 11.9 Å². The average Bonchev–Trinajstić information content (AvgIpc) is 2.38. The quantitative estimate of drug-likeness (QED) is 0.859. The van der Waals surface area contributed by atoms with E-state index in [1.165, 1.54) is 5.56 Å². The molecule has 0 saturated carbocycles. The van der Waals surface area contributed by atoms with Crippen LogP contribution in [0.3, 0.4) is 0 Å². The first-order valence-electron chi connectivity index (χ1n) is 5.64. The topological polar surface area (TPSA) is 42.2 Å². The Morgan fingerprint density at radius 1 is 1.33 bits per heavy atom. The molecule has 1 heterocycles. The van der Waals surface area contributed by atoms with Crippen LogP contribution in [0, 0.1) is 6.92 Å². The Kier molecular flexibility index (Phi) is 3.58. The van der Waals surface area contributed by atoms with Crippen molar-refractivity contribution in [3.63, 3.8) is 0 Å². The Labute approximate surface area is 112 Å². The Balaban J connectivity index is 2.46. The highest BCUT2D eigenvalue weighted by Gasteiger charge is 2.11. The van der Waals surface area contributed by atoms with Gasteiger partial charge in [0, 0.05) is 24.5 Å². The second-order valence-electron chi connectivity index (χ2n) is 4.16. The molecule has 92 valence electrons. The smallest absolute Gasteiger partial charge is 0.106 e. The molecule has 2 rings (SSSR count). The monoisotopic (exact) mass is 257 g/mol. The molecule has 2 N–H and O–H groups in total. The number of nitrogens with two attached hydrogens (primary N) is 1. The lowest BCUT2D eigenvalue weighted by Gasteiger charge is -2.22. The molecule has 0 unspecified atom stereocenters. The summed E-state index contributed by atoms with van der Waals surface area (Å²) in [5.74, 6) is 0. The minimum absolute atomic E-state index is 0.381. The summed E-state index contributed by atoms with van der Waals surface area (Å²) in [4.78, 5) is 6.56. The lowest BCUT2D eigenvalue weighted by Crippen LogP contribution is -2.18. The van der Waals surface area contributed by atoms with E-state index in [4.69, 9.17) is 18.0 Å². The van der Waals surface area contributed by atoms with Gasteiger partial charge in [0.1, 0.15) is 4.99 Å². The summed E-state index contributed by atoms with van der Waals surface area (Å²) in [7, 11) is 1.98. The van der Waals surface area contributed by atoms with Crippen molar-refractivity contribution < 1.29 is 0 Å². The standard InChI is InChI=1S/C14H15N3S/c1-10-4-3-5-11(8-10)17(2)13-9-16-7-6-12(13)14(15)18/h3-9H,1-2H3,(H2,15,18). The maximum Gasteiger partial charge on any atom is 0.106 e. The molecule has 18 heavy (non-hydrogen) atoms. The zero-order valence-corrected chi connectivity index (χ0v) is 11.2. The second-order valence-corrected chi connectivity index (χ2v) is 4.59. The highest BCUT2D eigenvalue weighted by molar-refractivity contribution is 7.80. The molecular weight excluding hydrogens is 242 g/mol. The molecule has 0 saturated heterocycles. The largest absolute Gasteiger partial charge is 0.389 e. The number of pyridine rings is 1. The van der Waals surface area contributed by atoms with Crippen LogP contribution < -0.4 is 10.6 Å². The molecule has 0 amide bonds. The first-order valence-corrected chi connectivity index (χ1v) is 6.04. The van der Waals surface area contributed by atoms with E-state index < -0.39 is 0 Å². The highest BCUT2D eigenvalue weighted by atomic mass is 32.1. The van der Waals surface area contributed by atoms with Crippen LogP contribution in [0.2, 0.25) is 0 Å². The number of rotatable bonds is 3. The lowest BCUT2D eigenvalue weighted by atomic mass is 10.1. The first kappa shape index (κ1) is 12.5. The minimum atomic E-state index is 0.381. The van der Waals surface area contributed by atoms with Gasteiger partial charge in [-0.3, -0.25) is 4.98 Å². The summed E-state index contributed by atoms with van der Waals surface area (Å²) in [5, 5.41) is 0. The summed E-state index contributed by atoms with van der Waals surface area (Å²) in [6, 6.07) is 10.1. The number of nitrogens with zero attached hydrogens (tertiary/aromatic N) is 2. The lowest BCUT2D eigenvalue weighted by molar-refractivity contribution is 1.16. The Morgan fingerprint density at radius 3 is 2.78 bits per heavy atom. The number of aromatic nitrogens is 1. The van der Waals surface area contributed by atoms with E-state index in [9.17, 15) is 0 Å². The summed E-state index contributed by atoms with van der Waals surface area (Å²) >= 11 is 5.07. The van der Waals surface area contributed by atoms with Crippen molar-refractivity contribution in [1.29, 1.82) is 0 Å². The molecular formula is C14H15N3S. The van der Waals surface area contributed by atoms with Crippen molar-refractivity contribution in [3.05, 3.63) is 53.9 Å². The number of hydrogen-bond donors (Lipinski definition) is 1. The van der Waals surface area contributed by atoms with Crippen LogP contribution in [0.1, 0.15) is 11.1 Å². The fourth-order valence-corrected chi connectivity index (χ4v) is 2.01. The molecule has 1 aromatic heterocycles. The number of aryl methyl sites for hydroxylation is 1. The third kappa shape index (κ3) is 2.49. The van der Waals surface area contributed by atoms with Gasteiger partial charge in [-0.1, -0.05) is 24.4 Å². The van der Waals surface area contributed by atoms with E-state index in [0.29, 0.717) is 4.99 Å². The average molecular weight is 257 g/mol. The van der Waals surface area contributed by atoms with Crippen LogP contribution in [-0.4, -0.2) is 17.0 Å². The van der Waals surface area contributed by atoms with Gasteiger partial charge in [0.25, 0.3) is 0 Å². The third-order valence-electron chi connectivity index (χ3n) is 2.82. The second kappa shape index (κ2) is 5.14. The summed E-state index contributed by atoms with van der Waals surface area (Å²) in [6.45, 7) is 2.06. The molecule has 1 aromatic carbocycles. The highest BCUT2D eigenvalue weighted by Crippen LogP contribution is 2.26. The van der Waals surface area contributed by atoms with E-state index in [1.54, 1.807) is 12.4 Å². The molecule has 0 aliphatic heterocycles. The Hall–Kier alpha value is -1.94. The van der Waals surface area contributed by atoms with Gasteiger partial charge in [0.2, 0.25) is 0 Å². The maximum atomic E-state index is 5.74. The van der Waals surface area contributed by atoms with Gasteiger partial charge in [-0.25, -0.2) is 0 Å². The number of anilines is 2. The van der Waals surface area contributed by atoms with Crippen LogP contribution in [0.25, 0.3) is 0 Å². The third-order valence-corrected chi connectivity index (χ3v) is 3.04. The molecule has 0 aliphatic rings. The zero-order chi connectivity index (χ0) is 13.1. The van der Waals surface area contributed by atoms with E-state index >= 15 is 0 Å². The molecule has 0 bridgehead atoms. The van der Waals surface area contributed by atoms with Gasteiger partial charge in [-0.05, 0) is 30.7 Å². The van der Waals surface area contributed by atoms with Crippen molar-refractivity contribution in [2.45, 2.75) is 6.92 Å². The number of benzene rings is 1. The minimum Gasteiger partial charge on any atom is -0.389 e. The van der Waals surface area contributed by atoms with Crippen LogP contribution in [0.15, 0.2) is 42.7 Å². The molecule has 0 atom stereocenters. The molecule has 3 nitrogen and oxygen atoms in total. The summed E-state index contributed by atoms with van der Waals surface area (Å²) < 4.78 is 0. The first-order chi connectivity index (χ1) is 8.59. The molecule has 0 fully saturated rings. The maximum absolute atomic E-state index is 5.74. The molecule has 0 spiro atoms. The van der Waals surface area contributed by atoms with Gasteiger partial charge in [-0.2, -0.15) is 0 Å². The van der Waals surface area contributed by atoms with Crippen molar-refractivity contribution >= 4 is 28.6 Å². The van der Waals surface area contributed by atoms with E-state index in [1.807, 2.05) is 30.1 Å². The Bertz CT molecular complexity index is 581. The van der Waals surface area contributed by atoms with Gasteiger partial charge in [0.15, 0.2) is 0 Å². The number of thiocarbonyl (C=S) groups is 1. The summed E-state index contributed by atoms with van der Waals surface area (Å²) in [5.41, 5.74) is 9.78. The zero-order valence-electron chi connectivity index (χ0n) is 10.4. The fourth-order valence-electron chi connectivity index (χ4n) is 1.84. The normalized spacial score (nSPS) is 10.1. The predicted molar refractivity (Wildman–Crippen MR) is 79.4 cm³/mol. The van der Waals surface area contributed by atoms with Crippen LogP contribution in [0.4, 0.5) is 11.4 Å². The molecule has 0 radical (unpaired) electrons. The molecule has 0 aliphatic carbocycles. The van der Waals surface area contributed by atoms with Gasteiger partial charge in [0.05, 0.1) is 11.9 Å². The van der Waals surface area contributed by atoms with Crippen LogP contribution in [-0.2, 0) is 0 Å². The van der Waals surface area contributed by atoms with Crippen LogP contribution >= 0.6 is 12.2 Å². The van der Waals surface area contributed by atoms with Crippen molar-refractivity contribution in [2.24, 2.45) is 5.73 Å². The fraction of sp³-hybridized carbons (Fsp3) is 0.143.